The minimum absolute atomic E-state index is 0.0293. The molecule has 1 aliphatic rings. The Balaban J connectivity index is 1.85. The Hall–Kier alpha value is -3.12. The van der Waals surface area contributed by atoms with Crippen LogP contribution < -0.4 is 0 Å². The fourth-order valence-electron chi connectivity index (χ4n) is 4.07. The first-order valence-electron chi connectivity index (χ1n) is 11.4. The summed E-state index contributed by atoms with van der Waals surface area (Å²) < 4.78 is 0. The third kappa shape index (κ3) is 5.19. The van der Waals surface area contributed by atoms with Gasteiger partial charge >= 0.3 is 0 Å². The van der Waals surface area contributed by atoms with Gasteiger partial charge in [-0.15, -0.1) is 0 Å². The van der Waals surface area contributed by atoms with E-state index in [-0.39, 0.29) is 10.8 Å². The zero-order valence-electron chi connectivity index (χ0n) is 20.4. The third-order valence-corrected chi connectivity index (χ3v) is 6.28. The van der Waals surface area contributed by atoms with Crippen molar-refractivity contribution in [2.24, 2.45) is 0 Å². The van der Waals surface area contributed by atoms with Gasteiger partial charge in [0, 0.05) is 5.41 Å². The number of fused-ring (bicyclic) bond motifs is 1. The van der Waals surface area contributed by atoms with E-state index in [4.69, 9.17) is 0 Å². The summed E-state index contributed by atoms with van der Waals surface area (Å²) in [4.78, 5) is 0. The number of allylic oxidation sites excluding steroid dienone is 10. The van der Waals surface area contributed by atoms with E-state index < -0.39 is 0 Å². The molecular formula is C32H36. The van der Waals surface area contributed by atoms with Crippen LogP contribution in [0.15, 0.2) is 109 Å². The summed E-state index contributed by atoms with van der Waals surface area (Å²) in [7, 11) is 0. The van der Waals surface area contributed by atoms with Crippen molar-refractivity contribution in [3.63, 3.8) is 0 Å². The molecule has 1 aliphatic carbocycles. The molecule has 2 aromatic rings. The fourth-order valence-corrected chi connectivity index (χ4v) is 4.07. The molecule has 0 saturated carbocycles. The second-order valence-electron chi connectivity index (χ2n) is 9.96. The van der Waals surface area contributed by atoms with E-state index in [1.807, 2.05) is 18.2 Å². The van der Waals surface area contributed by atoms with Crippen LogP contribution >= 0.6 is 0 Å². The molecule has 2 aromatic carbocycles. The van der Waals surface area contributed by atoms with Gasteiger partial charge in [-0.1, -0.05) is 132 Å². The summed E-state index contributed by atoms with van der Waals surface area (Å²) in [5, 5.41) is 0. The summed E-state index contributed by atoms with van der Waals surface area (Å²) in [6.45, 7) is 17.2. The van der Waals surface area contributed by atoms with Gasteiger partial charge < -0.3 is 0 Å². The molecular weight excluding hydrogens is 384 g/mol. The Morgan fingerprint density at radius 2 is 1.56 bits per heavy atom. The molecule has 0 aromatic heterocycles. The van der Waals surface area contributed by atoms with Crippen molar-refractivity contribution in [3.8, 4) is 11.1 Å². The van der Waals surface area contributed by atoms with Crippen LogP contribution in [0.2, 0.25) is 0 Å². The Kier molecular flexibility index (Phi) is 7.04. The van der Waals surface area contributed by atoms with Crippen LogP contribution in [0.25, 0.3) is 17.2 Å². The smallest absolute Gasteiger partial charge is 0.0152 e. The number of benzene rings is 2. The Bertz CT molecular complexity index is 1120. The number of hydrogen-bond acceptors (Lipinski definition) is 0. The lowest BCUT2D eigenvalue weighted by Gasteiger charge is -2.24. The molecule has 164 valence electrons. The largest absolute Gasteiger partial charge is 0.0991 e. The summed E-state index contributed by atoms with van der Waals surface area (Å²) >= 11 is 0. The molecule has 0 amide bonds. The molecule has 0 heterocycles. The average molecular weight is 421 g/mol. The van der Waals surface area contributed by atoms with Crippen molar-refractivity contribution < 1.29 is 0 Å². The van der Waals surface area contributed by atoms with E-state index in [1.165, 1.54) is 39.0 Å². The minimum Gasteiger partial charge on any atom is -0.0991 e. The van der Waals surface area contributed by atoms with Crippen molar-refractivity contribution >= 4 is 6.08 Å². The van der Waals surface area contributed by atoms with Crippen molar-refractivity contribution in [3.05, 3.63) is 125 Å². The molecule has 0 N–H and O–H groups in total. The van der Waals surface area contributed by atoms with Crippen LogP contribution in [0.5, 0.6) is 0 Å². The molecule has 0 heteroatoms. The van der Waals surface area contributed by atoms with Gasteiger partial charge in [-0.3, -0.25) is 0 Å². The standard InChI is InChI=1S/C32H36/c1-8-10-11-12-13-24(9-2)14-19-29-22-27-16-15-26(23-30(27)32(29,6)7)25-17-20-28(21-18-25)31(3,4)5/h8-23H,1H2,2-7H3/b11-10-,13-12-,19-14-,24-9-. The highest BCUT2D eigenvalue weighted by atomic mass is 14.3. The fraction of sp³-hybridized carbons (Fsp3) is 0.250. The SMILES string of the molecule is C=C\C=C/C=C\C(\C=C/C1=Cc2ccc(-c3ccc(C(C)(C)C)cc3)cc2C1(C)C)=C\C. The van der Waals surface area contributed by atoms with E-state index in [2.05, 4.69) is 121 Å². The predicted octanol–water partition coefficient (Wildman–Crippen LogP) is 9.13. The van der Waals surface area contributed by atoms with Crippen molar-refractivity contribution in [1.29, 1.82) is 0 Å². The number of rotatable bonds is 6. The molecule has 3 rings (SSSR count). The van der Waals surface area contributed by atoms with Gasteiger partial charge in [0.2, 0.25) is 0 Å². The topological polar surface area (TPSA) is 0 Å². The van der Waals surface area contributed by atoms with E-state index >= 15 is 0 Å². The third-order valence-electron chi connectivity index (χ3n) is 6.28. The molecule has 0 radical (unpaired) electrons. The van der Waals surface area contributed by atoms with Gasteiger partial charge in [-0.25, -0.2) is 0 Å². The highest BCUT2D eigenvalue weighted by Gasteiger charge is 2.31. The summed E-state index contributed by atoms with van der Waals surface area (Å²) in [6.07, 6.45) is 18.8. The quantitative estimate of drug-likeness (QED) is 0.409. The minimum atomic E-state index is -0.0293. The lowest BCUT2D eigenvalue weighted by atomic mass is 9.80. The maximum absolute atomic E-state index is 3.70. The summed E-state index contributed by atoms with van der Waals surface area (Å²) in [5.41, 5.74) is 9.29. The van der Waals surface area contributed by atoms with Crippen molar-refractivity contribution in [2.45, 2.75) is 52.4 Å². The first-order chi connectivity index (χ1) is 15.2. The zero-order chi connectivity index (χ0) is 23.4. The van der Waals surface area contributed by atoms with Gasteiger partial charge in [0.1, 0.15) is 0 Å². The molecule has 0 spiro atoms. The molecule has 0 saturated heterocycles. The second kappa shape index (κ2) is 9.57. The molecule has 0 nitrogen and oxygen atoms in total. The van der Waals surface area contributed by atoms with Gasteiger partial charge in [0.15, 0.2) is 0 Å². The van der Waals surface area contributed by atoms with Gasteiger partial charge in [-0.2, -0.15) is 0 Å². The van der Waals surface area contributed by atoms with Crippen LogP contribution in [-0.4, -0.2) is 0 Å². The normalized spacial score (nSPS) is 16.2. The molecule has 0 aliphatic heterocycles. The molecule has 0 bridgehead atoms. The van der Waals surface area contributed by atoms with E-state index in [0.717, 1.165) is 0 Å². The van der Waals surface area contributed by atoms with Crippen LogP contribution in [0.4, 0.5) is 0 Å². The number of hydrogen-bond donors (Lipinski definition) is 0. The van der Waals surface area contributed by atoms with E-state index in [9.17, 15) is 0 Å². The summed E-state index contributed by atoms with van der Waals surface area (Å²) in [6, 6.07) is 15.9. The van der Waals surface area contributed by atoms with Crippen LogP contribution in [0.3, 0.4) is 0 Å². The molecule has 32 heavy (non-hydrogen) atoms. The molecule has 0 fully saturated rings. The van der Waals surface area contributed by atoms with Gasteiger partial charge in [-0.05, 0) is 57.4 Å². The van der Waals surface area contributed by atoms with Crippen LogP contribution in [0.1, 0.15) is 58.2 Å². The Labute approximate surface area is 195 Å². The maximum atomic E-state index is 3.70. The highest BCUT2D eigenvalue weighted by Crippen LogP contribution is 2.43. The zero-order valence-corrected chi connectivity index (χ0v) is 20.4. The Morgan fingerprint density at radius 1 is 0.875 bits per heavy atom. The van der Waals surface area contributed by atoms with E-state index in [0.29, 0.717) is 0 Å². The lowest BCUT2D eigenvalue weighted by Crippen LogP contribution is -2.16. The van der Waals surface area contributed by atoms with E-state index in [1.54, 1.807) is 6.08 Å². The van der Waals surface area contributed by atoms with Crippen molar-refractivity contribution in [2.75, 3.05) is 0 Å². The highest BCUT2D eigenvalue weighted by molar-refractivity contribution is 5.76. The lowest BCUT2D eigenvalue weighted by molar-refractivity contribution is 0.590. The molecule has 0 unspecified atom stereocenters. The van der Waals surface area contributed by atoms with Gasteiger partial charge in [0.05, 0.1) is 0 Å². The maximum Gasteiger partial charge on any atom is 0.0152 e. The summed E-state index contributed by atoms with van der Waals surface area (Å²) in [5.74, 6) is 0. The monoisotopic (exact) mass is 420 g/mol. The predicted molar refractivity (Wildman–Crippen MR) is 143 cm³/mol. The van der Waals surface area contributed by atoms with Crippen LogP contribution in [-0.2, 0) is 10.8 Å². The van der Waals surface area contributed by atoms with Gasteiger partial charge in [0.25, 0.3) is 0 Å². The second-order valence-corrected chi connectivity index (χ2v) is 9.96. The average Bonchev–Trinajstić information content (AvgIpc) is 3.02. The molecule has 0 atom stereocenters. The Morgan fingerprint density at radius 3 is 2.19 bits per heavy atom. The van der Waals surface area contributed by atoms with Crippen LogP contribution in [0, 0.1) is 0 Å². The first-order valence-corrected chi connectivity index (χ1v) is 11.4. The van der Waals surface area contributed by atoms with Crippen molar-refractivity contribution in [1.82, 2.24) is 0 Å². The first kappa shape index (κ1) is 23.5.